The third-order valence-corrected chi connectivity index (χ3v) is 4.78. The van der Waals surface area contributed by atoms with Gasteiger partial charge in [0.2, 0.25) is 5.89 Å². The van der Waals surface area contributed by atoms with E-state index in [4.69, 9.17) is 18.6 Å². The highest BCUT2D eigenvalue weighted by Crippen LogP contribution is 2.37. The molecule has 0 bridgehead atoms. The number of anilines is 2. The molecule has 4 rings (SSSR count). The van der Waals surface area contributed by atoms with Crippen LogP contribution in [0.3, 0.4) is 0 Å². The Labute approximate surface area is 158 Å². The first kappa shape index (κ1) is 17.1. The normalized spacial score (nSPS) is 10.8. The maximum absolute atomic E-state index is 5.68. The van der Waals surface area contributed by atoms with Gasteiger partial charge in [0.1, 0.15) is 22.8 Å². The SMILES string of the molecule is COc1ccc(-c2nnc(Nc3nc4c(OC)cc(OC)cc4s3)o2)cc1. The van der Waals surface area contributed by atoms with Crippen LogP contribution < -0.4 is 19.5 Å². The maximum atomic E-state index is 5.68. The summed E-state index contributed by atoms with van der Waals surface area (Å²) in [4.78, 5) is 4.54. The van der Waals surface area contributed by atoms with E-state index in [2.05, 4.69) is 20.5 Å². The minimum Gasteiger partial charge on any atom is -0.497 e. The fourth-order valence-electron chi connectivity index (χ4n) is 2.52. The number of nitrogens with one attached hydrogen (secondary N) is 1. The molecular formula is C18H16N4O4S. The van der Waals surface area contributed by atoms with Gasteiger partial charge in [-0.2, -0.15) is 0 Å². The van der Waals surface area contributed by atoms with Crippen molar-refractivity contribution in [2.45, 2.75) is 0 Å². The summed E-state index contributed by atoms with van der Waals surface area (Å²) in [5, 5.41) is 11.7. The summed E-state index contributed by atoms with van der Waals surface area (Å²) in [5.74, 6) is 2.50. The number of fused-ring (bicyclic) bond motifs is 1. The molecule has 0 saturated carbocycles. The first-order valence-corrected chi connectivity index (χ1v) is 8.79. The standard InChI is InChI=1S/C18H16N4O4S/c1-23-11-6-4-10(5-7-11)16-21-22-17(26-16)20-18-19-15-13(25-3)8-12(24-2)9-14(15)27-18/h4-9H,1-3H3,(H,19,20,22). The van der Waals surface area contributed by atoms with E-state index < -0.39 is 0 Å². The van der Waals surface area contributed by atoms with Gasteiger partial charge in [0.05, 0.1) is 26.0 Å². The zero-order valence-electron chi connectivity index (χ0n) is 14.8. The Morgan fingerprint density at radius 3 is 2.41 bits per heavy atom. The molecule has 9 heteroatoms. The van der Waals surface area contributed by atoms with Crippen molar-refractivity contribution in [1.82, 2.24) is 15.2 Å². The quantitative estimate of drug-likeness (QED) is 0.531. The minimum absolute atomic E-state index is 0.255. The van der Waals surface area contributed by atoms with Crippen LogP contribution in [-0.4, -0.2) is 36.5 Å². The molecule has 2 aromatic carbocycles. The van der Waals surface area contributed by atoms with Crippen molar-refractivity contribution in [3.8, 4) is 28.7 Å². The summed E-state index contributed by atoms with van der Waals surface area (Å²) >= 11 is 1.43. The zero-order chi connectivity index (χ0) is 18.8. The van der Waals surface area contributed by atoms with Crippen molar-refractivity contribution in [1.29, 1.82) is 0 Å². The van der Waals surface area contributed by atoms with Crippen LogP contribution in [0.5, 0.6) is 17.2 Å². The molecule has 0 aliphatic carbocycles. The summed E-state index contributed by atoms with van der Waals surface area (Å²) in [6.45, 7) is 0. The Morgan fingerprint density at radius 1 is 0.926 bits per heavy atom. The Kier molecular flexibility index (Phi) is 4.51. The smallest absolute Gasteiger partial charge is 0.322 e. The van der Waals surface area contributed by atoms with Crippen LogP contribution in [0.25, 0.3) is 21.7 Å². The van der Waals surface area contributed by atoms with Crippen LogP contribution in [0.1, 0.15) is 0 Å². The first-order chi connectivity index (χ1) is 13.2. The molecule has 0 amide bonds. The summed E-state index contributed by atoms with van der Waals surface area (Å²) in [6.07, 6.45) is 0. The molecule has 0 fully saturated rings. The van der Waals surface area contributed by atoms with Crippen LogP contribution in [0.15, 0.2) is 40.8 Å². The molecule has 8 nitrogen and oxygen atoms in total. The lowest BCUT2D eigenvalue weighted by atomic mass is 10.2. The Morgan fingerprint density at radius 2 is 1.70 bits per heavy atom. The van der Waals surface area contributed by atoms with E-state index in [1.54, 1.807) is 27.4 Å². The summed E-state index contributed by atoms with van der Waals surface area (Å²) in [7, 11) is 4.83. The van der Waals surface area contributed by atoms with Gasteiger partial charge in [-0.3, -0.25) is 5.32 Å². The first-order valence-electron chi connectivity index (χ1n) is 7.97. The molecule has 0 aliphatic rings. The number of methoxy groups -OCH3 is 3. The van der Waals surface area contributed by atoms with Crippen molar-refractivity contribution >= 4 is 32.7 Å². The van der Waals surface area contributed by atoms with E-state index >= 15 is 0 Å². The van der Waals surface area contributed by atoms with Crippen LogP contribution in [0.2, 0.25) is 0 Å². The lowest BCUT2D eigenvalue weighted by Crippen LogP contribution is -1.90. The van der Waals surface area contributed by atoms with Crippen LogP contribution in [-0.2, 0) is 0 Å². The number of benzene rings is 2. The third-order valence-electron chi connectivity index (χ3n) is 3.86. The summed E-state index contributed by atoms with van der Waals surface area (Å²) in [5.41, 5.74) is 1.53. The van der Waals surface area contributed by atoms with Gasteiger partial charge in [-0.1, -0.05) is 16.4 Å². The minimum atomic E-state index is 0.255. The van der Waals surface area contributed by atoms with Gasteiger partial charge in [-0.15, -0.1) is 5.10 Å². The average Bonchev–Trinajstić information content (AvgIpc) is 3.34. The number of ether oxygens (including phenoxy) is 3. The highest BCUT2D eigenvalue weighted by Gasteiger charge is 2.14. The Balaban J connectivity index is 1.60. The second-order valence-corrected chi connectivity index (χ2v) is 6.49. The summed E-state index contributed by atoms with van der Waals surface area (Å²) in [6, 6.07) is 11.3. The topological polar surface area (TPSA) is 91.5 Å². The monoisotopic (exact) mass is 384 g/mol. The predicted octanol–water partition coefficient (Wildman–Crippen LogP) is 4.12. The van der Waals surface area contributed by atoms with Crippen molar-refractivity contribution in [2.24, 2.45) is 0 Å². The highest BCUT2D eigenvalue weighted by atomic mass is 32.1. The molecule has 27 heavy (non-hydrogen) atoms. The van der Waals surface area contributed by atoms with E-state index in [1.165, 1.54) is 11.3 Å². The molecular weight excluding hydrogens is 368 g/mol. The van der Waals surface area contributed by atoms with Gasteiger partial charge in [0, 0.05) is 11.6 Å². The van der Waals surface area contributed by atoms with Crippen LogP contribution in [0, 0.1) is 0 Å². The zero-order valence-corrected chi connectivity index (χ0v) is 15.7. The van der Waals surface area contributed by atoms with Gasteiger partial charge in [-0.05, 0) is 30.3 Å². The molecule has 0 spiro atoms. The average molecular weight is 384 g/mol. The molecule has 2 heterocycles. The fourth-order valence-corrected chi connectivity index (χ4v) is 3.42. The van der Waals surface area contributed by atoms with Crippen molar-refractivity contribution in [3.63, 3.8) is 0 Å². The largest absolute Gasteiger partial charge is 0.497 e. The highest BCUT2D eigenvalue weighted by molar-refractivity contribution is 7.22. The Hall–Kier alpha value is -3.33. The molecule has 1 N–H and O–H groups in total. The molecule has 0 aliphatic heterocycles. The maximum Gasteiger partial charge on any atom is 0.322 e. The number of hydrogen-bond acceptors (Lipinski definition) is 9. The lowest BCUT2D eigenvalue weighted by Gasteiger charge is -2.03. The number of thiazole rings is 1. The van der Waals surface area contributed by atoms with E-state index in [-0.39, 0.29) is 6.01 Å². The second-order valence-electron chi connectivity index (χ2n) is 5.46. The van der Waals surface area contributed by atoms with E-state index in [9.17, 15) is 0 Å². The van der Waals surface area contributed by atoms with E-state index in [1.807, 2.05) is 30.3 Å². The molecule has 0 saturated heterocycles. The predicted molar refractivity (Wildman–Crippen MR) is 102 cm³/mol. The van der Waals surface area contributed by atoms with E-state index in [0.717, 1.165) is 21.5 Å². The van der Waals surface area contributed by atoms with Gasteiger partial charge >= 0.3 is 6.01 Å². The van der Waals surface area contributed by atoms with Gasteiger partial charge in [0.25, 0.3) is 0 Å². The van der Waals surface area contributed by atoms with Gasteiger partial charge in [-0.25, -0.2) is 4.98 Å². The molecule has 0 radical (unpaired) electrons. The number of hydrogen-bond donors (Lipinski definition) is 1. The molecule has 2 aromatic heterocycles. The molecule has 0 unspecified atom stereocenters. The second kappa shape index (κ2) is 7.12. The Bertz CT molecular complexity index is 1070. The fraction of sp³-hybridized carbons (Fsp3) is 0.167. The number of aromatic nitrogens is 3. The van der Waals surface area contributed by atoms with Crippen molar-refractivity contribution in [3.05, 3.63) is 36.4 Å². The van der Waals surface area contributed by atoms with Crippen LogP contribution in [0.4, 0.5) is 11.1 Å². The summed E-state index contributed by atoms with van der Waals surface area (Å²) < 4.78 is 22.4. The van der Waals surface area contributed by atoms with Gasteiger partial charge < -0.3 is 18.6 Å². The number of nitrogens with zero attached hydrogens (tertiary/aromatic N) is 3. The van der Waals surface area contributed by atoms with E-state index in [0.29, 0.717) is 22.5 Å². The molecule has 138 valence electrons. The van der Waals surface area contributed by atoms with Crippen molar-refractivity contribution in [2.75, 3.05) is 26.6 Å². The molecule has 0 atom stereocenters. The van der Waals surface area contributed by atoms with Crippen LogP contribution >= 0.6 is 11.3 Å². The lowest BCUT2D eigenvalue weighted by molar-refractivity contribution is 0.397. The molecule has 4 aromatic rings. The third kappa shape index (κ3) is 3.36. The van der Waals surface area contributed by atoms with Crippen molar-refractivity contribution < 1.29 is 18.6 Å². The number of rotatable bonds is 6. The van der Waals surface area contributed by atoms with Gasteiger partial charge in [0.15, 0.2) is 5.13 Å².